The van der Waals surface area contributed by atoms with Gasteiger partial charge in [-0.3, -0.25) is 4.79 Å². The molecule has 7 heteroatoms. The SMILES string of the molecule is COc1ccc(CCNC(=O)c2cccc(S(=O)(=O)NC3CC3)c2)cc1. The van der Waals surface area contributed by atoms with Gasteiger partial charge >= 0.3 is 0 Å². The summed E-state index contributed by atoms with van der Waals surface area (Å²) in [6.45, 7) is 0.461. The number of amides is 1. The summed E-state index contributed by atoms with van der Waals surface area (Å²) >= 11 is 0. The van der Waals surface area contributed by atoms with Crippen LogP contribution in [0.5, 0.6) is 5.75 Å². The largest absolute Gasteiger partial charge is 0.497 e. The van der Waals surface area contributed by atoms with E-state index in [1.54, 1.807) is 19.2 Å². The normalized spacial score (nSPS) is 14.0. The smallest absolute Gasteiger partial charge is 0.251 e. The van der Waals surface area contributed by atoms with Crippen molar-refractivity contribution in [1.82, 2.24) is 10.0 Å². The van der Waals surface area contributed by atoms with Gasteiger partial charge in [0.05, 0.1) is 12.0 Å². The van der Waals surface area contributed by atoms with Crippen LogP contribution >= 0.6 is 0 Å². The highest BCUT2D eigenvalue weighted by Crippen LogP contribution is 2.22. The monoisotopic (exact) mass is 374 g/mol. The summed E-state index contributed by atoms with van der Waals surface area (Å²) in [4.78, 5) is 12.4. The van der Waals surface area contributed by atoms with Crippen molar-refractivity contribution in [2.75, 3.05) is 13.7 Å². The van der Waals surface area contributed by atoms with Crippen LogP contribution in [0.2, 0.25) is 0 Å². The Morgan fingerprint density at radius 1 is 1.15 bits per heavy atom. The van der Waals surface area contributed by atoms with E-state index in [1.807, 2.05) is 24.3 Å². The van der Waals surface area contributed by atoms with Crippen molar-refractivity contribution in [3.05, 3.63) is 59.7 Å². The number of methoxy groups -OCH3 is 1. The first-order valence-electron chi connectivity index (χ1n) is 8.51. The molecule has 1 aliphatic rings. The van der Waals surface area contributed by atoms with Crippen molar-refractivity contribution in [2.24, 2.45) is 0 Å². The molecule has 0 bridgehead atoms. The van der Waals surface area contributed by atoms with Gasteiger partial charge in [-0.15, -0.1) is 0 Å². The molecule has 0 atom stereocenters. The lowest BCUT2D eigenvalue weighted by Crippen LogP contribution is -2.28. The Morgan fingerprint density at radius 3 is 2.54 bits per heavy atom. The van der Waals surface area contributed by atoms with Crippen molar-refractivity contribution in [3.63, 3.8) is 0 Å². The summed E-state index contributed by atoms with van der Waals surface area (Å²) in [5, 5.41) is 2.82. The van der Waals surface area contributed by atoms with Crippen molar-refractivity contribution in [1.29, 1.82) is 0 Å². The van der Waals surface area contributed by atoms with E-state index in [4.69, 9.17) is 4.74 Å². The third-order valence-corrected chi connectivity index (χ3v) is 5.68. The molecular weight excluding hydrogens is 352 g/mol. The van der Waals surface area contributed by atoms with E-state index in [0.29, 0.717) is 18.5 Å². The molecule has 1 fully saturated rings. The second-order valence-electron chi connectivity index (χ2n) is 6.28. The van der Waals surface area contributed by atoms with Gasteiger partial charge in [-0.1, -0.05) is 18.2 Å². The number of sulfonamides is 1. The molecule has 1 amide bonds. The number of benzene rings is 2. The molecule has 138 valence electrons. The van der Waals surface area contributed by atoms with Gasteiger partial charge in [-0.05, 0) is 55.2 Å². The fraction of sp³-hybridized carbons (Fsp3) is 0.316. The highest BCUT2D eigenvalue weighted by molar-refractivity contribution is 7.89. The molecule has 1 aliphatic carbocycles. The molecule has 0 radical (unpaired) electrons. The fourth-order valence-corrected chi connectivity index (χ4v) is 3.86. The van der Waals surface area contributed by atoms with E-state index in [-0.39, 0.29) is 16.8 Å². The molecule has 1 saturated carbocycles. The average Bonchev–Trinajstić information content (AvgIpc) is 3.45. The molecule has 26 heavy (non-hydrogen) atoms. The summed E-state index contributed by atoms with van der Waals surface area (Å²) < 4.78 is 32.2. The van der Waals surface area contributed by atoms with Crippen molar-refractivity contribution in [3.8, 4) is 5.75 Å². The van der Waals surface area contributed by atoms with Gasteiger partial charge in [0.2, 0.25) is 10.0 Å². The standard InChI is InChI=1S/C19H22N2O4S/c1-25-17-9-5-14(6-10-17)11-12-20-19(22)15-3-2-4-18(13-15)26(23,24)21-16-7-8-16/h2-6,9-10,13,16,21H,7-8,11-12H2,1H3,(H,20,22). The minimum atomic E-state index is -3.57. The Bertz CT molecular complexity index is 875. The fourth-order valence-electron chi connectivity index (χ4n) is 2.51. The number of nitrogens with one attached hydrogen (secondary N) is 2. The van der Waals surface area contributed by atoms with Gasteiger partial charge < -0.3 is 10.1 Å². The van der Waals surface area contributed by atoms with Crippen molar-refractivity contribution >= 4 is 15.9 Å². The first-order valence-corrected chi connectivity index (χ1v) is 10.00. The molecule has 0 aliphatic heterocycles. The number of ether oxygens (including phenoxy) is 1. The second kappa shape index (κ2) is 7.88. The third-order valence-electron chi connectivity index (χ3n) is 4.16. The quantitative estimate of drug-likeness (QED) is 0.741. The van der Waals surface area contributed by atoms with Crippen molar-refractivity contribution in [2.45, 2.75) is 30.2 Å². The van der Waals surface area contributed by atoms with E-state index in [9.17, 15) is 13.2 Å². The topological polar surface area (TPSA) is 84.5 Å². The number of hydrogen-bond acceptors (Lipinski definition) is 4. The molecule has 0 spiro atoms. The summed E-state index contributed by atoms with van der Waals surface area (Å²) in [7, 11) is -1.95. The van der Waals surface area contributed by atoms with Crippen LogP contribution in [-0.2, 0) is 16.4 Å². The molecular formula is C19H22N2O4S. The zero-order valence-electron chi connectivity index (χ0n) is 14.6. The van der Waals surface area contributed by atoms with Crippen LogP contribution in [-0.4, -0.2) is 34.0 Å². The number of carbonyl (C=O) groups excluding carboxylic acids is 1. The van der Waals surface area contributed by atoms with Gasteiger partial charge in [0, 0.05) is 18.2 Å². The third kappa shape index (κ3) is 4.83. The molecule has 0 heterocycles. The Balaban J connectivity index is 1.58. The molecule has 2 N–H and O–H groups in total. The lowest BCUT2D eigenvalue weighted by Gasteiger charge is -2.09. The minimum Gasteiger partial charge on any atom is -0.497 e. The summed E-state index contributed by atoms with van der Waals surface area (Å²) in [6, 6.07) is 13.8. The van der Waals surface area contributed by atoms with E-state index >= 15 is 0 Å². The molecule has 0 unspecified atom stereocenters. The molecule has 3 rings (SSSR count). The highest BCUT2D eigenvalue weighted by Gasteiger charge is 2.28. The van der Waals surface area contributed by atoms with Crippen LogP contribution in [0.15, 0.2) is 53.4 Å². The maximum atomic E-state index is 12.3. The van der Waals surface area contributed by atoms with E-state index in [0.717, 1.165) is 24.2 Å². The Morgan fingerprint density at radius 2 is 1.88 bits per heavy atom. The van der Waals surface area contributed by atoms with Gasteiger partial charge in [0.15, 0.2) is 0 Å². The average molecular weight is 374 g/mol. The van der Waals surface area contributed by atoms with Gasteiger partial charge in [0.25, 0.3) is 5.91 Å². The zero-order valence-corrected chi connectivity index (χ0v) is 15.4. The molecule has 6 nitrogen and oxygen atoms in total. The zero-order chi connectivity index (χ0) is 18.6. The first-order chi connectivity index (χ1) is 12.5. The summed E-state index contributed by atoms with van der Waals surface area (Å²) in [5.74, 6) is 0.498. The maximum Gasteiger partial charge on any atom is 0.251 e. The van der Waals surface area contributed by atoms with Crippen LogP contribution in [0, 0.1) is 0 Å². The minimum absolute atomic E-state index is 0.0296. The predicted octanol–water partition coefficient (Wildman–Crippen LogP) is 2.11. The summed E-state index contributed by atoms with van der Waals surface area (Å²) in [5.41, 5.74) is 1.41. The Labute approximate surface area is 153 Å². The van der Waals surface area contributed by atoms with Gasteiger partial charge in [0.1, 0.15) is 5.75 Å². The summed E-state index contributed by atoms with van der Waals surface area (Å²) in [6.07, 6.45) is 2.41. The molecule has 0 saturated heterocycles. The van der Waals surface area contributed by atoms with E-state index < -0.39 is 10.0 Å². The number of rotatable bonds is 8. The van der Waals surface area contributed by atoms with E-state index in [1.165, 1.54) is 12.1 Å². The Hall–Kier alpha value is -2.38. The Kier molecular flexibility index (Phi) is 5.58. The lowest BCUT2D eigenvalue weighted by molar-refractivity contribution is 0.0954. The van der Waals surface area contributed by atoms with Crippen LogP contribution in [0.25, 0.3) is 0 Å². The van der Waals surface area contributed by atoms with Crippen LogP contribution in [0.4, 0.5) is 0 Å². The highest BCUT2D eigenvalue weighted by atomic mass is 32.2. The number of carbonyl (C=O) groups is 1. The van der Waals surface area contributed by atoms with Gasteiger partial charge in [-0.25, -0.2) is 13.1 Å². The number of hydrogen-bond donors (Lipinski definition) is 2. The lowest BCUT2D eigenvalue weighted by atomic mass is 10.1. The van der Waals surface area contributed by atoms with Crippen molar-refractivity contribution < 1.29 is 17.9 Å². The predicted molar refractivity (Wildman–Crippen MR) is 98.8 cm³/mol. The van der Waals surface area contributed by atoms with Crippen LogP contribution < -0.4 is 14.8 Å². The molecule has 2 aromatic rings. The maximum absolute atomic E-state index is 12.3. The molecule has 0 aromatic heterocycles. The van der Waals surface area contributed by atoms with Crippen LogP contribution in [0.1, 0.15) is 28.8 Å². The van der Waals surface area contributed by atoms with Crippen LogP contribution in [0.3, 0.4) is 0 Å². The second-order valence-corrected chi connectivity index (χ2v) is 7.99. The van der Waals surface area contributed by atoms with Gasteiger partial charge in [-0.2, -0.15) is 0 Å². The molecule has 2 aromatic carbocycles. The van der Waals surface area contributed by atoms with E-state index in [2.05, 4.69) is 10.0 Å². The first kappa shape index (κ1) is 18.4.